The summed E-state index contributed by atoms with van der Waals surface area (Å²) in [6.45, 7) is 9.86. The van der Waals surface area contributed by atoms with E-state index < -0.39 is 0 Å². The highest BCUT2D eigenvalue weighted by Gasteiger charge is 2.34. The molecule has 0 amide bonds. The molecule has 1 rings (SSSR count). The summed E-state index contributed by atoms with van der Waals surface area (Å²) in [6.07, 6.45) is 6.50. The van der Waals surface area contributed by atoms with Crippen LogP contribution in [0, 0.1) is 0 Å². The van der Waals surface area contributed by atoms with E-state index in [9.17, 15) is 0 Å². The van der Waals surface area contributed by atoms with Crippen molar-refractivity contribution in [2.24, 2.45) is 0 Å². The van der Waals surface area contributed by atoms with Crippen molar-refractivity contribution < 1.29 is 9.47 Å². The fourth-order valence-electron chi connectivity index (χ4n) is 2.43. The predicted octanol–water partition coefficient (Wildman–Crippen LogP) is 2.74. The molecule has 0 bridgehead atoms. The SMILES string of the molecule is CCCNCC1(OCCOC(C)C)CCCC1. The standard InChI is InChI=1S/C14H29NO2/c1-4-9-15-12-14(7-5-6-8-14)17-11-10-16-13(2)3/h13,15H,4-12H2,1-3H3. The molecule has 1 N–H and O–H groups in total. The second-order valence-electron chi connectivity index (χ2n) is 5.33. The van der Waals surface area contributed by atoms with Crippen LogP contribution in [0.25, 0.3) is 0 Å². The van der Waals surface area contributed by atoms with Gasteiger partial charge in [0.05, 0.1) is 24.9 Å². The smallest absolute Gasteiger partial charge is 0.0807 e. The third-order valence-corrected chi connectivity index (χ3v) is 3.33. The first-order valence-electron chi connectivity index (χ1n) is 7.15. The lowest BCUT2D eigenvalue weighted by atomic mass is 10.0. The average Bonchev–Trinajstić information content (AvgIpc) is 2.74. The van der Waals surface area contributed by atoms with Crippen LogP contribution in [0.4, 0.5) is 0 Å². The van der Waals surface area contributed by atoms with Crippen LogP contribution in [-0.2, 0) is 9.47 Å². The van der Waals surface area contributed by atoms with E-state index in [2.05, 4.69) is 26.1 Å². The van der Waals surface area contributed by atoms with Crippen molar-refractivity contribution in [1.29, 1.82) is 0 Å². The van der Waals surface area contributed by atoms with Crippen molar-refractivity contribution >= 4 is 0 Å². The van der Waals surface area contributed by atoms with Gasteiger partial charge >= 0.3 is 0 Å². The van der Waals surface area contributed by atoms with Crippen molar-refractivity contribution in [2.75, 3.05) is 26.3 Å². The first-order chi connectivity index (χ1) is 8.18. The Balaban J connectivity index is 2.22. The Labute approximate surface area is 106 Å². The minimum absolute atomic E-state index is 0.0928. The minimum Gasteiger partial charge on any atom is -0.376 e. The summed E-state index contributed by atoms with van der Waals surface area (Å²) in [5.74, 6) is 0. The van der Waals surface area contributed by atoms with Crippen LogP contribution in [0.5, 0.6) is 0 Å². The van der Waals surface area contributed by atoms with Crippen molar-refractivity contribution in [3.05, 3.63) is 0 Å². The lowest BCUT2D eigenvalue weighted by Gasteiger charge is -2.30. The third kappa shape index (κ3) is 5.84. The van der Waals surface area contributed by atoms with Crippen LogP contribution in [0.3, 0.4) is 0 Å². The Bertz CT molecular complexity index is 189. The molecule has 1 fully saturated rings. The molecule has 102 valence electrons. The second-order valence-corrected chi connectivity index (χ2v) is 5.33. The van der Waals surface area contributed by atoms with E-state index in [-0.39, 0.29) is 5.60 Å². The van der Waals surface area contributed by atoms with Gasteiger partial charge in [0.1, 0.15) is 0 Å². The highest BCUT2D eigenvalue weighted by Crippen LogP contribution is 2.32. The average molecular weight is 243 g/mol. The van der Waals surface area contributed by atoms with Gasteiger partial charge in [-0.3, -0.25) is 0 Å². The molecule has 3 heteroatoms. The van der Waals surface area contributed by atoms with Crippen LogP contribution < -0.4 is 5.32 Å². The maximum Gasteiger partial charge on any atom is 0.0807 e. The van der Waals surface area contributed by atoms with Crippen molar-refractivity contribution in [2.45, 2.75) is 64.6 Å². The van der Waals surface area contributed by atoms with Gasteiger partial charge in [-0.25, -0.2) is 0 Å². The lowest BCUT2D eigenvalue weighted by molar-refractivity contribution is -0.0699. The Morgan fingerprint density at radius 1 is 1.18 bits per heavy atom. The van der Waals surface area contributed by atoms with Gasteiger partial charge in [0.25, 0.3) is 0 Å². The molecule has 0 saturated heterocycles. The summed E-state index contributed by atoms with van der Waals surface area (Å²) in [5, 5.41) is 3.50. The number of rotatable bonds is 9. The molecule has 0 heterocycles. The summed E-state index contributed by atoms with van der Waals surface area (Å²) < 4.78 is 11.6. The van der Waals surface area contributed by atoms with Gasteiger partial charge in [-0.2, -0.15) is 0 Å². The van der Waals surface area contributed by atoms with Gasteiger partial charge in [-0.05, 0) is 39.7 Å². The summed E-state index contributed by atoms with van der Waals surface area (Å²) in [4.78, 5) is 0. The van der Waals surface area contributed by atoms with E-state index in [1.165, 1.54) is 32.1 Å². The number of ether oxygens (including phenoxy) is 2. The van der Waals surface area contributed by atoms with E-state index in [1.54, 1.807) is 0 Å². The molecule has 0 aromatic carbocycles. The van der Waals surface area contributed by atoms with Crippen molar-refractivity contribution in [3.63, 3.8) is 0 Å². The Morgan fingerprint density at radius 3 is 2.47 bits per heavy atom. The fourth-order valence-corrected chi connectivity index (χ4v) is 2.43. The molecule has 1 aliphatic rings. The maximum atomic E-state index is 6.10. The molecule has 17 heavy (non-hydrogen) atoms. The molecular formula is C14H29NO2. The van der Waals surface area contributed by atoms with Gasteiger partial charge < -0.3 is 14.8 Å². The summed E-state index contributed by atoms with van der Waals surface area (Å²) in [5.41, 5.74) is 0.0928. The molecule has 0 radical (unpaired) electrons. The molecule has 1 aliphatic carbocycles. The first-order valence-corrected chi connectivity index (χ1v) is 7.15. The zero-order valence-electron chi connectivity index (χ0n) is 11.8. The van der Waals surface area contributed by atoms with Crippen LogP contribution >= 0.6 is 0 Å². The second kappa shape index (κ2) is 8.06. The molecule has 0 atom stereocenters. The van der Waals surface area contributed by atoms with Gasteiger partial charge in [0, 0.05) is 6.54 Å². The van der Waals surface area contributed by atoms with E-state index in [4.69, 9.17) is 9.47 Å². The zero-order chi connectivity index (χ0) is 12.6. The fraction of sp³-hybridized carbons (Fsp3) is 1.00. The van der Waals surface area contributed by atoms with E-state index in [0.29, 0.717) is 12.7 Å². The number of nitrogens with one attached hydrogen (secondary N) is 1. The third-order valence-electron chi connectivity index (χ3n) is 3.33. The van der Waals surface area contributed by atoms with Gasteiger partial charge in [0.15, 0.2) is 0 Å². The Kier molecular flexibility index (Phi) is 7.09. The van der Waals surface area contributed by atoms with Gasteiger partial charge in [0.2, 0.25) is 0 Å². The van der Waals surface area contributed by atoms with Crippen LogP contribution in [-0.4, -0.2) is 38.0 Å². The number of hydrogen-bond acceptors (Lipinski definition) is 3. The van der Waals surface area contributed by atoms with Crippen LogP contribution in [0.2, 0.25) is 0 Å². The topological polar surface area (TPSA) is 30.5 Å². The summed E-state index contributed by atoms with van der Waals surface area (Å²) in [7, 11) is 0. The van der Waals surface area contributed by atoms with Crippen LogP contribution in [0.15, 0.2) is 0 Å². The predicted molar refractivity (Wildman–Crippen MR) is 71.4 cm³/mol. The largest absolute Gasteiger partial charge is 0.376 e. The Morgan fingerprint density at radius 2 is 1.88 bits per heavy atom. The monoisotopic (exact) mass is 243 g/mol. The van der Waals surface area contributed by atoms with Gasteiger partial charge in [-0.15, -0.1) is 0 Å². The lowest BCUT2D eigenvalue weighted by Crippen LogP contribution is -2.41. The highest BCUT2D eigenvalue weighted by atomic mass is 16.5. The van der Waals surface area contributed by atoms with E-state index >= 15 is 0 Å². The molecule has 1 saturated carbocycles. The quantitative estimate of drug-likeness (QED) is 0.632. The summed E-state index contributed by atoms with van der Waals surface area (Å²) >= 11 is 0. The van der Waals surface area contributed by atoms with E-state index in [1.807, 2.05) is 0 Å². The Hall–Kier alpha value is -0.120. The van der Waals surface area contributed by atoms with Gasteiger partial charge in [-0.1, -0.05) is 19.8 Å². The zero-order valence-corrected chi connectivity index (χ0v) is 11.8. The molecule has 0 unspecified atom stereocenters. The highest BCUT2D eigenvalue weighted by molar-refractivity contribution is 4.88. The van der Waals surface area contributed by atoms with Crippen LogP contribution in [0.1, 0.15) is 52.9 Å². The number of hydrogen-bond donors (Lipinski definition) is 1. The normalized spacial score (nSPS) is 19.1. The molecule has 3 nitrogen and oxygen atoms in total. The summed E-state index contributed by atoms with van der Waals surface area (Å²) in [6, 6.07) is 0. The minimum atomic E-state index is 0.0928. The maximum absolute atomic E-state index is 6.10. The molecule has 0 aromatic heterocycles. The van der Waals surface area contributed by atoms with Crippen molar-refractivity contribution in [1.82, 2.24) is 5.32 Å². The van der Waals surface area contributed by atoms with E-state index in [0.717, 1.165) is 19.7 Å². The molecule has 0 aromatic rings. The first kappa shape index (κ1) is 14.9. The van der Waals surface area contributed by atoms with Crippen molar-refractivity contribution in [3.8, 4) is 0 Å². The molecule has 0 aliphatic heterocycles. The molecule has 0 spiro atoms. The molecular weight excluding hydrogens is 214 g/mol.